The molecule has 3 amide bonds. The maximum Gasteiger partial charge on any atom is 0.315 e. The topological polar surface area (TPSA) is 70.2 Å². The maximum atomic E-state index is 12.0. The predicted molar refractivity (Wildman–Crippen MR) is 95.5 cm³/mol. The van der Waals surface area contributed by atoms with E-state index in [0.29, 0.717) is 12.5 Å². The van der Waals surface area contributed by atoms with Gasteiger partial charge >= 0.3 is 6.03 Å². The number of carbonyl (C=O) groups is 2. The largest absolute Gasteiger partial charge is 0.350 e. The number of rotatable bonds is 8. The van der Waals surface area contributed by atoms with Crippen LogP contribution in [0, 0.1) is 5.92 Å². The maximum absolute atomic E-state index is 12.0. The first kappa shape index (κ1) is 18.3. The summed E-state index contributed by atoms with van der Waals surface area (Å²) >= 11 is 0. The summed E-state index contributed by atoms with van der Waals surface area (Å²) in [6.45, 7) is 2.67. The van der Waals surface area contributed by atoms with E-state index in [9.17, 15) is 9.59 Å². The standard InChI is InChI=1S/C19H29N3O2/c1-2-3-10-16-11-7-12-17(16)22-19(24)21-14-18(23)20-13-15-8-5-4-6-9-15/h4-6,8-9,16-17H,2-3,7,10-14H2,1H3,(H,20,23)(H2,21,22,24). The number of nitrogens with one attached hydrogen (secondary N) is 3. The summed E-state index contributed by atoms with van der Waals surface area (Å²) in [5.74, 6) is 0.408. The van der Waals surface area contributed by atoms with E-state index in [1.54, 1.807) is 0 Å². The fourth-order valence-corrected chi connectivity index (χ4v) is 3.28. The molecular formula is C19H29N3O2. The van der Waals surface area contributed by atoms with Crippen molar-refractivity contribution in [2.45, 2.75) is 58.0 Å². The molecule has 2 unspecified atom stereocenters. The van der Waals surface area contributed by atoms with E-state index in [1.807, 2.05) is 30.3 Å². The van der Waals surface area contributed by atoms with Gasteiger partial charge in [0.15, 0.2) is 0 Å². The van der Waals surface area contributed by atoms with Crippen molar-refractivity contribution in [2.75, 3.05) is 6.54 Å². The summed E-state index contributed by atoms with van der Waals surface area (Å²) < 4.78 is 0. The minimum Gasteiger partial charge on any atom is -0.350 e. The van der Waals surface area contributed by atoms with E-state index in [4.69, 9.17) is 0 Å². The monoisotopic (exact) mass is 331 g/mol. The van der Waals surface area contributed by atoms with Crippen molar-refractivity contribution in [1.29, 1.82) is 0 Å². The molecule has 0 bridgehead atoms. The molecule has 1 saturated carbocycles. The lowest BCUT2D eigenvalue weighted by Crippen LogP contribution is -2.46. The smallest absolute Gasteiger partial charge is 0.315 e. The van der Waals surface area contributed by atoms with Gasteiger partial charge in [-0.3, -0.25) is 4.79 Å². The summed E-state index contributed by atoms with van der Waals surface area (Å²) in [6, 6.07) is 9.73. The molecule has 2 rings (SSSR count). The minimum absolute atomic E-state index is 0.00497. The Hall–Kier alpha value is -2.04. The molecule has 0 spiro atoms. The number of benzene rings is 1. The van der Waals surface area contributed by atoms with Crippen LogP contribution >= 0.6 is 0 Å². The van der Waals surface area contributed by atoms with E-state index >= 15 is 0 Å². The van der Waals surface area contributed by atoms with Gasteiger partial charge in [0.05, 0.1) is 6.54 Å². The molecule has 1 fully saturated rings. The molecule has 0 heterocycles. The molecule has 3 N–H and O–H groups in total. The molecule has 5 heteroatoms. The lowest BCUT2D eigenvalue weighted by molar-refractivity contribution is -0.120. The van der Waals surface area contributed by atoms with Gasteiger partial charge in [0, 0.05) is 12.6 Å². The molecule has 0 aromatic heterocycles. The fraction of sp³-hybridized carbons (Fsp3) is 0.579. The summed E-state index contributed by atoms with van der Waals surface area (Å²) in [6.07, 6.45) is 7.00. The molecule has 0 aliphatic heterocycles. The highest BCUT2D eigenvalue weighted by Crippen LogP contribution is 2.29. The van der Waals surface area contributed by atoms with E-state index < -0.39 is 0 Å². The van der Waals surface area contributed by atoms with E-state index in [-0.39, 0.29) is 24.5 Å². The highest BCUT2D eigenvalue weighted by atomic mass is 16.2. The van der Waals surface area contributed by atoms with Gasteiger partial charge in [-0.2, -0.15) is 0 Å². The minimum atomic E-state index is -0.238. The molecule has 2 atom stereocenters. The van der Waals surface area contributed by atoms with Gasteiger partial charge in [0.2, 0.25) is 5.91 Å². The van der Waals surface area contributed by atoms with Crippen LogP contribution in [0.5, 0.6) is 0 Å². The zero-order valence-corrected chi connectivity index (χ0v) is 14.5. The van der Waals surface area contributed by atoms with Crippen molar-refractivity contribution >= 4 is 11.9 Å². The van der Waals surface area contributed by atoms with Gasteiger partial charge < -0.3 is 16.0 Å². The van der Waals surface area contributed by atoms with Crippen LogP contribution in [0.25, 0.3) is 0 Å². The van der Waals surface area contributed by atoms with Gasteiger partial charge in [0.1, 0.15) is 0 Å². The van der Waals surface area contributed by atoms with Crippen LogP contribution in [0.3, 0.4) is 0 Å². The zero-order valence-electron chi connectivity index (χ0n) is 14.5. The van der Waals surface area contributed by atoms with Crippen LogP contribution in [0.4, 0.5) is 4.79 Å². The summed E-state index contributed by atoms with van der Waals surface area (Å²) in [5, 5.41) is 8.50. The Labute approximate surface area is 144 Å². The third kappa shape index (κ3) is 6.22. The number of urea groups is 1. The van der Waals surface area contributed by atoms with Crippen molar-refractivity contribution in [1.82, 2.24) is 16.0 Å². The molecular weight excluding hydrogens is 302 g/mol. The Morgan fingerprint density at radius 1 is 1.12 bits per heavy atom. The Morgan fingerprint density at radius 2 is 1.92 bits per heavy atom. The van der Waals surface area contributed by atoms with E-state index in [1.165, 1.54) is 32.1 Å². The first-order chi connectivity index (χ1) is 11.7. The Balaban J connectivity index is 1.64. The van der Waals surface area contributed by atoms with Crippen LogP contribution in [-0.2, 0) is 11.3 Å². The van der Waals surface area contributed by atoms with Crippen LogP contribution in [-0.4, -0.2) is 24.5 Å². The van der Waals surface area contributed by atoms with E-state index in [0.717, 1.165) is 12.0 Å². The molecule has 24 heavy (non-hydrogen) atoms. The zero-order chi connectivity index (χ0) is 17.2. The van der Waals surface area contributed by atoms with Gasteiger partial charge in [0.25, 0.3) is 0 Å². The molecule has 1 aromatic rings. The number of unbranched alkanes of at least 4 members (excludes halogenated alkanes) is 1. The van der Waals surface area contributed by atoms with E-state index in [2.05, 4.69) is 22.9 Å². The Bertz CT molecular complexity index is 519. The van der Waals surface area contributed by atoms with Gasteiger partial charge in [-0.15, -0.1) is 0 Å². The number of amides is 3. The molecule has 5 nitrogen and oxygen atoms in total. The first-order valence-corrected chi connectivity index (χ1v) is 9.04. The number of carbonyl (C=O) groups excluding carboxylic acids is 2. The van der Waals surface area contributed by atoms with Gasteiger partial charge in [-0.25, -0.2) is 4.79 Å². The van der Waals surface area contributed by atoms with Crippen LogP contribution in [0.15, 0.2) is 30.3 Å². The van der Waals surface area contributed by atoms with Gasteiger partial charge in [-0.05, 0) is 30.7 Å². The molecule has 0 radical (unpaired) electrons. The highest BCUT2D eigenvalue weighted by Gasteiger charge is 2.27. The third-order valence-electron chi connectivity index (χ3n) is 4.65. The van der Waals surface area contributed by atoms with Crippen molar-refractivity contribution in [2.24, 2.45) is 5.92 Å². The summed E-state index contributed by atoms with van der Waals surface area (Å²) in [7, 11) is 0. The normalized spacial score (nSPS) is 19.7. The Kier molecular flexibility index (Phi) is 7.59. The van der Waals surface area contributed by atoms with Crippen LogP contribution < -0.4 is 16.0 Å². The first-order valence-electron chi connectivity index (χ1n) is 9.04. The summed E-state index contributed by atoms with van der Waals surface area (Å²) in [4.78, 5) is 23.8. The Morgan fingerprint density at radius 3 is 2.67 bits per heavy atom. The highest BCUT2D eigenvalue weighted by molar-refractivity contribution is 5.83. The average molecular weight is 331 g/mol. The second kappa shape index (κ2) is 9.96. The SMILES string of the molecule is CCCCC1CCCC1NC(=O)NCC(=O)NCc1ccccc1. The molecule has 1 aromatic carbocycles. The van der Waals surface area contributed by atoms with Crippen molar-refractivity contribution in [3.05, 3.63) is 35.9 Å². The molecule has 0 saturated heterocycles. The second-order valence-electron chi connectivity index (χ2n) is 6.53. The quantitative estimate of drug-likeness (QED) is 0.685. The predicted octanol–water partition coefficient (Wildman–Crippen LogP) is 2.96. The molecule has 132 valence electrons. The number of hydrogen-bond acceptors (Lipinski definition) is 2. The summed E-state index contributed by atoms with van der Waals surface area (Å²) in [5.41, 5.74) is 1.04. The molecule has 1 aliphatic rings. The van der Waals surface area contributed by atoms with Crippen LogP contribution in [0.2, 0.25) is 0 Å². The average Bonchev–Trinajstić information content (AvgIpc) is 3.04. The fourth-order valence-electron chi connectivity index (χ4n) is 3.28. The van der Waals surface area contributed by atoms with Crippen molar-refractivity contribution in [3.8, 4) is 0 Å². The number of hydrogen-bond donors (Lipinski definition) is 3. The second-order valence-corrected chi connectivity index (χ2v) is 6.53. The van der Waals surface area contributed by atoms with Gasteiger partial charge in [-0.1, -0.05) is 56.5 Å². The van der Waals surface area contributed by atoms with Crippen molar-refractivity contribution < 1.29 is 9.59 Å². The van der Waals surface area contributed by atoms with Crippen LogP contribution in [0.1, 0.15) is 51.0 Å². The third-order valence-corrected chi connectivity index (χ3v) is 4.65. The lowest BCUT2D eigenvalue weighted by Gasteiger charge is -2.21. The lowest BCUT2D eigenvalue weighted by atomic mass is 9.97. The molecule has 1 aliphatic carbocycles. The van der Waals surface area contributed by atoms with Crippen molar-refractivity contribution in [3.63, 3.8) is 0 Å².